The molecule has 86 valence electrons. The van der Waals surface area contributed by atoms with Crippen molar-refractivity contribution >= 4 is 0 Å². The minimum Gasteiger partial charge on any atom is -0.325 e. The van der Waals surface area contributed by atoms with Crippen LogP contribution in [-0.2, 0) is 13.1 Å². The number of rotatable bonds is 6. The Labute approximate surface area is 97.7 Å². The minimum absolute atomic E-state index is 0.483. The first kappa shape index (κ1) is 12.7. The van der Waals surface area contributed by atoms with E-state index in [0.717, 1.165) is 30.9 Å². The molecular weight excluding hydrogens is 198 g/mol. The molecule has 0 saturated heterocycles. The molecule has 0 fully saturated rings. The molecule has 0 radical (unpaired) electrons. The van der Waals surface area contributed by atoms with E-state index in [9.17, 15) is 0 Å². The number of aromatic nitrogens is 1. The first-order valence-corrected chi connectivity index (χ1v) is 5.60. The van der Waals surface area contributed by atoms with Crippen LogP contribution < -0.4 is 5.73 Å². The van der Waals surface area contributed by atoms with Gasteiger partial charge in [0.1, 0.15) is 0 Å². The van der Waals surface area contributed by atoms with Crippen LogP contribution in [0.15, 0.2) is 18.2 Å². The van der Waals surface area contributed by atoms with E-state index >= 15 is 0 Å². The Bertz CT molecular complexity index is 354. The molecule has 0 aromatic carbocycles. The molecule has 3 heteroatoms. The normalized spacial score (nSPS) is 10.4. The predicted molar refractivity (Wildman–Crippen MR) is 66.5 cm³/mol. The van der Waals surface area contributed by atoms with Crippen molar-refractivity contribution in [2.75, 3.05) is 13.1 Å². The lowest BCUT2D eigenvalue weighted by atomic mass is 10.2. The summed E-state index contributed by atoms with van der Waals surface area (Å²) in [5.74, 6) is 2.67. The highest BCUT2D eigenvalue weighted by Crippen LogP contribution is 2.04. The molecule has 0 spiro atoms. The lowest BCUT2D eigenvalue weighted by molar-refractivity contribution is 0.296. The van der Waals surface area contributed by atoms with Crippen molar-refractivity contribution in [3.63, 3.8) is 0 Å². The monoisotopic (exact) mass is 217 g/mol. The highest BCUT2D eigenvalue weighted by atomic mass is 15.1. The first-order valence-electron chi connectivity index (χ1n) is 5.60. The molecular formula is C13H19N3. The SMILES string of the molecule is C#CCN(CCC)Cc1cccc(CN)n1. The maximum atomic E-state index is 5.56. The number of nitrogens with two attached hydrogens (primary N) is 1. The van der Waals surface area contributed by atoms with E-state index in [1.54, 1.807) is 0 Å². The summed E-state index contributed by atoms with van der Waals surface area (Å²) in [7, 11) is 0. The second-order valence-electron chi connectivity index (χ2n) is 3.74. The second-order valence-corrected chi connectivity index (χ2v) is 3.74. The lowest BCUT2D eigenvalue weighted by Crippen LogP contribution is -2.25. The fraction of sp³-hybridized carbons (Fsp3) is 0.462. The summed E-state index contributed by atoms with van der Waals surface area (Å²) < 4.78 is 0. The van der Waals surface area contributed by atoms with E-state index in [1.807, 2.05) is 18.2 Å². The van der Waals surface area contributed by atoms with Gasteiger partial charge in [-0.25, -0.2) is 0 Å². The van der Waals surface area contributed by atoms with Crippen LogP contribution in [0, 0.1) is 12.3 Å². The third kappa shape index (κ3) is 4.01. The fourth-order valence-corrected chi connectivity index (χ4v) is 1.62. The van der Waals surface area contributed by atoms with Gasteiger partial charge in [-0.05, 0) is 25.1 Å². The van der Waals surface area contributed by atoms with E-state index < -0.39 is 0 Å². The Hall–Kier alpha value is -1.37. The van der Waals surface area contributed by atoms with Crippen LogP contribution in [0.2, 0.25) is 0 Å². The van der Waals surface area contributed by atoms with Crippen LogP contribution >= 0.6 is 0 Å². The zero-order valence-corrected chi connectivity index (χ0v) is 9.82. The lowest BCUT2D eigenvalue weighted by Gasteiger charge is -2.18. The number of hydrogen-bond donors (Lipinski definition) is 1. The van der Waals surface area contributed by atoms with E-state index in [0.29, 0.717) is 13.1 Å². The molecule has 16 heavy (non-hydrogen) atoms. The smallest absolute Gasteiger partial charge is 0.0602 e. The largest absolute Gasteiger partial charge is 0.325 e. The van der Waals surface area contributed by atoms with E-state index in [4.69, 9.17) is 12.2 Å². The maximum Gasteiger partial charge on any atom is 0.0602 e. The number of terminal acetylenes is 1. The molecule has 2 N–H and O–H groups in total. The van der Waals surface area contributed by atoms with Gasteiger partial charge in [-0.2, -0.15) is 0 Å². The van der Waals surface area contributed by atoms with Crippen molar-refractivity contribution in [2.24, 2.45) is 5.73 Å². The Morgan fingerprint density at radius 2 is 2.19 bits per heavy atom. The molecule has 1 aromatic rings. The minimum atomic E-state index is 0.483. The van der Waals surface area contributed by atoms with Crippen molar-refractivity contribution in [3.05, 3.63) is 29.6 Å². The molecule has 0 aliphatic rings. The van der Waals surface area contributed by atoms with Crippen LogP contribution in [0.5, 0.6) is 0 Å². The quantitative estimate of drug-likeness (QED) is 0.732. The summed E-state index contributed by atoms with van der Waals surface area (Å²) in [6, 6.07) is 5.94. The molecule has 0 amide bonds. The number of nitrogens with zero attached hydrogens (tertiary/aromatic N) is 2. The predicted octanol–water partition coefficient (Wildman–Crippen LogP) is 1.39. The average Bonchev–Trinajstić information content (AvgIpc) is 2.30. The zero-order chi connectivity index (χ0) is 11.8. The van der Waals surface area contributed by atoms with Crippen LogP contribution in [0.3, 0.4) is 0 Å². The van der Waals surface area contributed by atoms with Crippen molar-refractivity contribution in [2.45, 2.75) is 26.4 Å². The van der Waals surface area contributed by atoms with E-state index in [-0.39, 0.29) is 0 Å². The van der Waals surface area contributed by atoms with E-state index in [2.05, 4.69) is 22.7 Å². The highest BCUT2D eigenvalue weighted by molar-refractivity contribution is 5.11. The highest BCUT2D eigenvalue weighted by Gasteiger charge is 2.04. The van der Waals surface area contributed by atoms with Gasteiger partial charge in [0.15, 0.2) is 0 Å². The Morgan fingerprint density at radius 1 is 1.44 bits per heavy atom. The average molecular weight is 217 g/mol. The van der Waals surface area contributed by atoms with Crippen LogP contribution in [0.1, 0.15) is 24.7 Å². The van der Waals surface area contributed by atoms with Crippen LogP contribution in [0.25, 0.3) is 0 Å². The molecule has 1 rings (SSSR count). The van der Waals surface area contributed by atoms with Crippen LogP contribution in [0.4, 0.5) is 0 Å². The van der Waals surface area contributed by atoms with Crippen molar-refractivity contribution < 1.29 is 0 Å². The molecule has 3 nitrogen and oxygen atoms in total. The molecule has 1 heterocycles. The summed E-state index contributed by atoms with van der Waals surface area (Å²) in [4.78, 5) is 6.67. The Balaban J connectivity index is 2.65. The zero-order valence-electron chi connectivity index (χ0n) is 9.82. The van der Waals surface area contributed by atoms with Gasteiger partial charge in [0.05, 0.1) is 17.9 Å². The van der Waals surface area contributed by atoms with Crippen molar-refractivity contribution in [3.8, 4) is 12.3 Å². The summed E-state index contributed by atoms with van der Waals surface area (Å²) in [5.41, 5.74) is 7.52. The van der Waals surface area contributed by atoms with Gasteiger partial charge < -0.3 is 5.73 Å². The molecule has 1 aromatic heterocycles. The number of pyridine rings is 1. The summed E-state index contributed by atoms with van der Waals surface area (Å²) in [5, 5.41) is 0. The van der Waals surface area contributed by atoms with Crippen molar-refractivity contribution in [1.29, 1.82) is 0 Å². The van der Waals surface area contributed by atoms with E-state index in [1.165, 1.54) is 0 Å². The summed E-state index contributed by atoms with van der Waals surface area (Å²) >= 11 is 0. The third-order valence-electron chi connectivity index (χ3n) is 2.31. The molecule has 0 atom stereocenters. The van der Waals surface area contributed by atoms with Crippen LogP contribution in [-0.4, -0.2) is 23.0 Å². The molecule has 0 aliphatic carbocycles. The topological polar surface area (TPSA) is 42.1 Å². The Kier molecular flexibility index (Phi) is 5.55. The number of hydrogen-bond acceptors (Lipinski definition) is 3. The van der Waals surface area contributed by atoms with Crippen molar-refractivity contribution in [1.82, 2.24) is 9.88 Å². The molecule has 0 bridgehead atoms. The second kappa shape index (κ2) is 7.00. The first-order chi connectivity index (χ1) is 7.80. The van der Waals surface area contributed by atoms with Gasteiger partial charge in [0, 0.05) is 13.1 Å². The summed E-state index contributed by atoms with van der Waals surface area (Å²) in [6.07, 6.45) is 6.43. The van der Waals surface area contributed by atoms with Gasteiger partial charge in [-0.15, -0.1) is 6.42 Å². The summed E-state index contributed by atoms with van der Waals surface area (Å²) in [6.45, 7) is 5.09. The fourth-order valence-electron chi connectivity index (χ4n) is 1.62. The molecule has 0 saturated carbocycles. The van der Waals surface area contributed by atoms with Gasteiger partial charge in [0.25, 0.3) is 0 Å². The van der Waals surface area contributed by atoms with Gasteiger partial charge in [-0.3, -0.25) is 9.88 Å². The van der Waals surface area contributed by atoms with Gasteiger partial charge in [-0.1, -0.05) is 18.9 Å². The third-order valence-corrected chi connectivity index (χ3v) is 2.31. The molecule has 0 aliphatic heterocycles. The Morgan fingerprint density at radius 3 is 2.81 bits per heavy atom. The standard InChI is InChI=1S/C13H19N3/c1-3-8-16(9-4-2)11-13-7-5-6-12(10-14)15-13/h1,5-7H,4,8-11,14H2,2H3. The van der Waals surface area contributed by atoms with Gasteiger partial charge >= 0.3 is 0 Å². The van der Waals surface area contributed by atoms with Gasteiger partial charge in [0.2, 0.25) is 0 Å². The maximum absolute atomic E-state index is 5.56. The molecule has 0 unspecified atom stereocenters.